The second-order valence-corrected chi connectivity index (χ2v) is 4.79. The van der Waals surface area contributed by atoms with Crippen LogP contribution in [0, 0.1) is 0 Å². The molecule has 0 saturated heterocycles. The zero-order valence-corrected chi connectivity index (χ0v) is 17.0. The number of carboxylic acids is 1. The molecule has 0 aliphatic heterocycles. The summed E-state index contributed by atoms with van der Waals surface area (Å²) in [5.41, 5.74) is -2.70. The van der Waals surface area contributed by atoms with E-state index in [1.165, 1.54) is 7.11 Å². The van der Waals surface area contributed by atoms with Gasteiger partial charge in [-0.1, -0.05) is 0 Å². The van der Waals surface area contributed by atoms with Gasteiger partial charge in [-0.05, 0) is 24.3 Å². The maximum absolute atomic E-state index is 12.6. The third kappa shape index (κ3) is 5.63. The van der Waals surface area contributed by atoms with Crippen molar-refractivity contribution in [3.8, 4) is 11.4 Å². The van der Waals surface area contributed by atoms with Crippen molar-refractivity contribution in [1.82, 2.24) is 9.78 Å². The van der Waals surface area contributed by atoms with Crippen LogP contribution in [-0.2, 0) is 10.9 Å². The first kappa shape index (κ1) is 22.8. The number of alkyl halides is 3. The van der Waals surface area contributed by atoms with Gasteiger partial charge < -0.3 is 19.4 Å². The zero-order chi connectivity index (χ0) is 18.6. The Morgan fingerprint density at radius 1 is 1.23 bits per heavy atom. The van der Waals surface area contributed by atoms with Gasteiger partial charge in [0.05, 0.1) is 30.0 Å². The standard InChI is InChI=1S/C15H13F3N2O5.K/c1-24-6-7-25-11-8-20(19-12(13(11)21)14(22)23)10-4-2-9(3-5-10)15(16,17)18;/h2-5,8H,6-7H2,1H3,(H,22,23);/q;+1/p-1. The van der Waals surface area contributed by atoms with Gasteiger partial charge >= 0.3 is 57.6 Å². The molecule has 0 bridgehead atoms. The fourth-order valence-electron chi connectivity index (χ4n) is 1.88. The van der Waals surface area contributed by atoms with Crippen molar-refractivity contribution in [1.29, 1.82) is 0 Å². The monoisotopic (exact) mass is 396 g/mol. The maximum Gasteiger partial charge on any atom is 1.00 e. The van der Waals surface area contributed by atoms with Crippen LogP contribution in [0.2, 0.25) is 0 Å². The Morgan fingerprint density at radius 3 is 2.35 bits per heavy atom. The van der Waals surface area contributed by atoms with E-state index in [1.807, 2.05) is 0 Å². The summed E-state index contributed by atoms with van der Waals surface area (Å²) in [7, 11) is 1.41. The van der Waals surface area contributed by atoms with Crippen LogP contribution in [0.15, 0.2) is 35.3 Å². The predicted octanol–water partition coefficient (Wildman–Crippen LogP) is -2.36. The van der Waals surface area contributed by atoms with Crippen LogP contribution in [0.4, 0.5) is 13.2 Å². The predicted molar refractivity (Wildman–Crippen MR) is 76.5 cm³/mol. The van der Waals surface area contributed by atoms with Crippen LogP contribution in [0.3, 0.4) is 0 Å². The summed E-state index contributed by atoms with van der Waals surface area (Å²) >= 11 is 0. The van der Waals surface area contributed by atoms with Crippen LogP contribution in [-0.4, -0.2) is 36.1 Å². The van der Waals surface area contributed by atoms with E-state index in [4.69, 9.17) is 9.47 Å². The summed E-state index contributed by atoms with van der Waals surface area (Å²) in [5.74, 6) is -2.17. The van der Waals surface area contributed by atoms with E-state index < -0.39 is 28.8 Å². The molecule has 1 aromatic carbocycles. The first-order valence-corrected chi connectivity index (χ1v) is 6.88. The molecule has 0 N–H and O–H groups in total. The second-order valence-electron chi connectivity index (χ2n) is 4.79. The molecular formula is C15H12F3KN2O5. The van der Waals surface area contributed by atoms with Crippen LogP contribution in [0.5, 0.6) is 5.75 Å². The van der Waals surface area contributed by atoms with Gasteiger partial charge in [0.15, 0.2) is 11.4 Å². The number of halogens is 3. The van der Waals surface area contributed by atoms with E-state index in [1.54, 1.807) is 0 Å². The van der Waals surface area contributed by atoms with Crippen molar-refractivity contribution >= 4 is 5.97 Å². The fourth-order valence-corrected chi connectivity index (χ4v) is 1.88. The average Bonchev–Trinajstić information content (AvgIpc) is 2.55. The Labute approximate surface area is 188 Å². The topological polar surface area (TPSA) is 93.5 Å². The van der Waals surface area contributed by atoms with Crippen molar-refractivity contribution in [2.45, 2.75) is 6.18 Å². The van der Waals surface area contributed by atoms with Crippen LogP contribution in [0.25, 0.3) is 5.69 Å². The molecule has 2 rings (SSSR count). The van der Waals surface area contributed by atoms with E-state index >= 15 is 0 Å². The molecule has 0 unspecified atom stereocenters. The Morgan fingerprint density at radius 2 is 1.85 bits per heavy atom. The minimum Gasteiger partial charge on any atom is -0.543 e. The average molecular weight is 396 g/mol. The molecule has 0 fully saturated rings. The van der Waals surface area contributed by atoms with Crippen LogP contribution in [0.1, 0.15) is 16.1 Å². The van der Waals surface area contributed by atoms with Gasteiger partial charge in [-0.25, -0.2) is 4.68 Å². The molecule has 0 saturated carbocycles. The summed E-state index contributed by atoms with van der Waals surface area (Å²) in [5, 5.41) is 14.6. The van der Waals surface area contributed by atoms with Crippen molar-refractivity contribution in [3.63, 3.8) is 0 Å². The van der Waals surface area contributed by atoms with E-state index in [-0.39, 0.29) is 76.0 Å². The number of carbonyl (C=O) groups excluding carboxylic acids is 1. The molecule has 2 aromatic rings. The number of hydrogen-bond donors (Lipinski definition) is 0. The summed E-state index contributed by atoms with van der Waals surface area (Å²) in [6.07, 6.45) is -3.44. The van der Waals surface area contributed by atoms with Crippen molar-refractivity contribution in [2.75, 3.05) is 20.3 Å². The normalized spacial score (nSPS) is 10.9. The minimum absolute atomic E-state index is 0. The number of carbonyl (C=O) groups is 1. The molecule has 0 aliphatic carbocycles. The van der Waals surface area contributed by atoms with Gasteiger partial charge in [0.2, 0.25) is 0 Å². The molecule has 0 radical (unpaired) electrons. The first-order chi connectivity index (χ1) is 11.7. The number of methoxy groups -OCH3 is 1. The molecule has 0 atom stereocenters. The molecular weight excluding hydrogens is 384 g/mol. The number of hydrogen-bond acceptors (Lipinski definition) is 6. The molecule has 134 valence electrons. The molecule has 11 heteroatoms. The molecule has 26 heavy (non-hydrogen) atoms. The van der Waals surface area contributed by atoms with Gasteiger partial charge in [-0.2, -0.15) is 18.3 Å². The maximum atomic E-state index is 12.6. The van der Waals surface area contributed by atoms with Gasteiger partial charge in [0.1, 0.15) is 6.61 Å². The summed E-state index contributed by atoms with van der Waals surface area (Å²) in [6, 6.07) is 3.77. The van der Waals surface area contributed by atoms with Crippen molar-refractivity contribution < 1.29 is 83.9 Å². The van der Waals surface area contributed by atoms with E-state index in [0.717, 1.165) is 35.1 Å². The number of nitrogens with zero attached hydrogens (tertiary/aromatic N) is 2. The number of carboxylic acid groups (broad SMARTS) is 1. The van der Waals surface area contributed by atoms with Gasteiger partial charge in [0, 0.05) is 7.11 Å². The van der Waals surface area contributed by atoms with Crippen molar-refractivity contribution in [3.05, 3.63) is 51.9 Å². The Balaban J connectivity index is 0.00000338. The SMILES string of the molecule is COCCOc1cn(-c2ccc(C(F)(F)F)cc2)nc(C(=O)[O-])c1=O.[K+]. The smallest absolute Gasteiger partial charge is 0.543 e. The molecule has 1 heterocycles. The molecule has 7 nitrogen and oxygen atoms in total. The third-order valence-corrected chi connectivity index (χ3v) is 3.08. The largest absolute Gasteiger partial charge is 1.00 e. The molecule has 0 amide bonds. The molecule has 1 aromatic heterocycles. The van der Waals surface area contributed by atoms with E-state index in [0.29, 0.717) is 0 Å². The molecule has 0 aliphatic rings. The zero-order valence-electron chi connectivity index (χ0n) is 13.9. The first-order valence-electron chi connectivity index (χ1n) is 6.88. The summed E-state index contributed by atoms with van der Waals surface area (Å²) in [4.78, 5) is 23.0. The number of aromatic carboxylic acids is 1. The van der Waals surface area contributed by atoms with E-state index in [2.05, 4.69) is 5.10 Å². The summed E-state index contributed by atoms with van der Waals surface area (Å²) < 4.78 is 48.6. The van der Waals surface area contributed by atoms with Gasteiger partial charge in [0.25, 0.3) is 5.43 Å². The minimum atomic E-state index is -4.51. The van der Waals surface area contributed by atoms with E-state index in [9.17, 15) is 27.9 Å². The Kier molecular flexibility index (Phi) is 8.44. The Hall–Kier alpha value is -1.24. The number of benzene rings is 1. The fraction of sp³-hybridized carbons (Fsp3) is 0.267. The second kappa shape index (κ2) is 9.62. The van der Waals surface area contributed by atoms with Crippen LogP contribution >= 0.6 is 0 Å². The summed E-state index contributed by atoms with van der Waals surface area (Å²) in [6.45, 7) is 0.109. The molecule has 0 spiro atoms. The van der Waals surface area contributed by atoms with Gasteiger partial charge in [-0.15, -0.1) is 0 Å². The number of ether oxygens (including phenoxy) is 2. The van der Waals surface area contributed by atoms with Crippen molar-refractivity contribution in [2.24, 2.45) is 0 Å². The number of aromatic nitrogens is 2. The quantitative estimate of drug-likeness (QED) is 0.401. The Bertz CT molecular complexity index is 822. The number of rotatable bonds is 6. The van der Waals surface area contributed by atoms with Crippen LogP contribution < -0.4 is 66.7 Å². The van der Waals surface area contributed by atoms with Gasteiger partial charge in [-0.3, -0.25) is 4.79 Å². The third-order valence-electron chi connectivity index (χ3n) is 3.08.